The molecule has 0 N–H and O–H groups in total. The van der Waals surface area contributed by atoms with E-state index in [1.54, 1.807) is 0 Å². The van der Waals surface area contributed by atoms with Crippen molar-refractivity contribution in [3.05, 3.63) is 218 Å². The Kier molecular flexibility index (Phi) is 8.72. The van der Waals surface area contributed by atoms with Crippen LogP contribution < -0.4 is 15.8 Å². The Bertz CT molecular complexity index is 2170. The van der Waals surface area contributed by atoms with Gasteiger partial charge in [0.15, 0.2) is 0 Å². The van der Waals surface area contributed by atoms with Crippen molar-refractivity contribution in [1.29, 1.82) is 0 Å². The van der Waals surface area contributed by atoms with Gasteiger partial charge < -0.3 is 0 Å². The Balaban J connectivity index is 1.68. The predicted octanol–water partition coefficient (Wildman–Crippen LogP) is 10.1. The molecule has 0 saturated carbocycles. The summed E-state index contributed by atoms with van der Waals surface area (Å²) >= 11 is -3.68. The molecule has 0 aliphatic carbocycles. The summed E-state index contributed by atoms with van der Waals surface area (Å²) in [6, 6.07) is 80.7. The van der Waals surface area contributed by atoms with E-state index in [-0.39, 0.29) is 0 Å². The molecule has 8 rings (SSSR count). The second kappa shape index (κ2) is 13.9. The maximum atomic E-state index is 2.58. The normalized spacial score (nSPS) is 11.6. The minimum absolute atomic E-state index is 1.21. The molecular formula is C48H36Pt-2. The van der Waals surface area contributed by atoms with Gasteiger partial charge in [-0.1, -0.05) is 0 Å². The van der Waals surface area contributed by atoms with Gasteiger partial charge in [0, 0.05) is 0 Å². The second-order valence-corrected chi connectivity index (χ2v) is 20.3. The Morgan fingerprint density at radius 2 is 0.531 bits per heavy atom. The summed E-state index contributed by atoms with van der Waals surface area (Å²) in [5.41, 5.74) is 9.93. The molecule has 0 fully saturated rings. The summed E-state index contributed by atoms with van der Waals surface area (Å²) < 4.78 is 5.61. The van der Waals surface area contributed by atoms with Gasteiger partial charge in [0.2, 0.25) is 0 Å². The molecule has 0 nitrogen and oxygen atoms in total. The molecule has 0 amide bonds. The summed E-state index contributed by atoms with van der Waals surface area (Å²) in [7, 11) is 0. The van der Waals surface area contributed by atoms with E-state index < -0.39 is 16.1 Å². The molecule has 0 aliphatic rings. The fourth-order valence-corrected chi connectivity index (χ4v) is 18.0. The van der Waals surface area contributed by atoms with E-state index in [2.05, 4.69) is 218 Å². The van der Waals surface area contributed by atoms with Crippen LogP contribution in [-0.2, 0) is 16.1 Å². The van der Waals surface area contributed by atoms with Crippen LogP contribution in [0.3, 0.4) is 0 Å². The molecule has 0 unspecified atom stereocenters. The van der Waals surface area contributed by atoms with Crippen molar-refractivity contribution in [3.8, 4) is 44.5 Å². The van der Waals surface area contributed by atoms with Gasteiger partial charge >= 0.3 is 295 Å². The first-order valence-corrected chi connectivity index (χ1v) is 21.1. The van der Waals surface area contributed by atoms with Gasteiger partial charge in [-0.25, -0.2) is 0 Å². The molecule has 0 saturated heterocycles. The fourth-order valence-electron chi connectivity index (χ4n) is 6.64. The molecule has 240 valence electrons. The number of rotatable bonds is 8. The van der Waals surface area contributed by atoms with E-state index in [1.807, 2.05) is 0 Å². The first-order chi connectivity index (χ1) is 24.4. The number of hydrogen-bond acceptors (Lipinski definition) is 0. The Labute approximate surface area is 293 Å². The minimum atomic E-state index is -3.68. The molecule has 8 aromatic rings. The van der Waals surface area contributed by atoms with Crippen LogP contribution in [0.5, 0.6) is 0 Å². The maximum absolute atomic E-state index is 3.68. The Morgan fingerprint density at radius 1 is 0.245 bits per heavy atom. The van der Waals surface area contributed by atoms with Crippen molar-refractivity contribution >= 4 is 15.8 Å². The molecule has 0 bridgehead atoms. The van der Waals surface area contributed by atoms with Crippen LogP contribution >= 0.6 is 0 Å². The van der Waals surface area contributed by atoms with E-state index >= 15 is 0 Å². The number of hydrogen-bond donors (Lipinski definition) is 0. The first kappa shape index (κ1) is 30.8. The van der Waals surface area contributed by atoms with Crippen LogP contribution in [0.2, 0.25) is 0 Å². The van der Waals surface area contributed by atoms with Crippen LogP contribution in [0.1, 0.15) is 0 Å². The van der Waals surface area contributed by atoms with Crippen molar-refractivity contribution in [3.63, 3.8) is 0 Å². The summed E-state index contributed by atoms with van der Waals surface area (Å²) in [4.78, 5) is 0. The Hall–Kier alpha value is -5.55. The van der Waals surface area contributed by atoms with Crippen molar-refractivity contribution in [1.82, 2.24) is 0 Å². The topological polar surface area (TPSA) is 0 Å². The zero-order chi connectivity index (χ0) is 32.9. The molecule has 1 heteroatoms. The van der Waals surface area contributed by atoms with E-state index in [1.165, 1.54) is 60.3 Å². The van der Waals surface area contributed by atoms with Gasteiger partial charge in [-0.15, -0.1) is 0 Å². The zero-order valence-electron chi connectivity index (χ0n) is 27.1. The molecule has 0 atom stereocenters. The SMILES string of the molecule is c1ccc(-c2c[c]([Pt-2]([c]3ccccc3)([c]3ccccc3)[c]3ccccc3)c(-c3ccccc3)c(-c3ccccc3)c2-c2ccccc2)cc1. The van der Waals surface area contributed by atoms with Crippen LogP contribution in [0.4, 0.5) is 0 Å². The van der Waals surface area contributed by atoms with Gasteiger partial charge in [0.1, 0.15) is 0 Å². The molecule has 0 heterocycles. The second-order valence-electron chi connectivity index (χ2n) is 11.7. The average Bonchev–Trinajstić information content (AvgIpc) is 3.20. The zero-order valence-corrected chi connectivity index (χ0v) is 29.4. The van der Waals surface area contributed by atoms with Crippen molar-refractivity contribution in [2.45, 2.75) is 0 Å². The van der Waals surface area contributed by atoms with Crippen molar-refractivity contribution < 1.29 is 16.1 Å². The summed E-state index contributed by atoms with van der Waals surface area (Å²) in [6.45, 7) is 0. The van der Waals surface area contributed by atoms with Gasteiger partial charge in [-0.05, 0) is 0 Å². The quantitative estimate of drug-likeness (QED) is 0.144. The van der Waals surface area contributed by atoms with Gasteiger partial charge in [0.25, 0.3) is 0 Å². The fraction of sp³-hybridized carbons (Fsp3) is 0. The van der Waals surface area contributed by atoms with Gasteiger partial charge in [-0.3, -0.25) is 0 Å². The third-order valence-corrected chi connectivity index (χ3v) is 19.6. The molecule has 0 spiro atoms. The van der Waals surface area contributed by atoms with Crippen LogP contribution in [0, 0.1) is 0 Å². The van der Waals surface area contributed by atoms with E-state index in [9.17, 15) is 0 Å². The number of benzene rings is 8. The molecule has 8 aromatic carbocycles. The Morgan fingerprint density at radius 3 is 0.898 bits per heavy atom. The van der Waals surface area contributed by atoms with Crippen LogP contribution in [-0.4, -0.2) is 0 Å². The monoisotopic (exact) mass is 807 g/mol. The summed E-state index contributed by atoms with van der Waals surface area (Å²) in [5.74, 6) is 0. The van der Waals surface area contributed by atoms with Gasteiger partial charge in [0.05, 0.1) is 0 Å². The van der Waals surface area contributed by atoms with Crippen LogP contribution in [0.25, 0.3) is 44.5 Å². The summed E-state index contributed by atoms with van der Waals surface area (Å²) in [6.07, 6.45) is 0. The average molecular weight is 808 g/mol. The standard InChI is InChI=1S/C30H21.3C6H5.Pt/c1-5-13-23(14-6-1)27-21-22-28(24-15-7-2-8-16-24)30(26-19-11-4-12-20-26)29(27)25-17-9-3-10-18-25;3*1-2-4-6-5-3-1;/h1-21H;3*1-5H;/q;;;;-2. The van der Waals surface area contributed by atoms with Crippen LogP contribution in [0.15, 0.2) is 218 Å². The molecular weight excluding hydrogens is 772 g/mol. The van der Waals surface area contributed by atoms with E-state index in [0.29, 0.717) is 0 Å². The van der Waals surface area contributed by atoms with E-state index in [0.717, 1.165) is 0 Å². The molecule has 49 heavy (non-hydrogen) atoms. The first-order valence-electron chi connectivity index (χ1n) is 16.6. The third kappa shape index (κ3) is 5.69. The van der Waals surface area contributed by atoms with E-state index in [4.69, 9.17) is 0 Å². The van der Waals surface area contributed by atoms with Crippen molar-refractivity contribution in [2.24, 2.45) is 0 Å². The predicted molar refractivity (Wildman–Crippen MR) is 206 cm³/mol. The molecule has 0 aliphatic heterocycles. The summed E-state index contributed by atoms with van der Waals surface area (Å²) in [5, 5.41) is 0. The molecule has 0 radical (unpaired) electrons. The van der Waals surface area contributed by atoms with Crippen molar-refractivity contribution in [2.75, 3.05) is 0 Å². The van der Waals surface area contributed by atoms with Gasteiger partial charge in [-0.2, -0.15) is 0 Å². The third-order valence-electron chi connectivity index (χ3n) is 8.74. The molecule has 0 aromatic heterocycles.